The maximum atomic E-state index is 5.50. The summed E-state index contributed by atoms with van der Waals surface area (Å²) >= 11 is 0. The van der Waals surface area contributed by atoms with E-state index in [-0.39, 0.29) is 0 Å². The van der Waals surface area contributed by atoms with Crippen LogP contribution in [-0.4, -0.2) is 92.1 Å². The van der Waals surface area contributed by atoms with Gasteiger partial charge in [-0.15, -0.1) is 0 Å². The largest absolute Gasteiger partial charge is 0.454 e. The standard InChI is InChI=1S/C22H30N6O3/c1-2-19-20(31-17-30-19)15-18(1)16-27-7-9-28(10-8-27)22-24-4-3-21(25-22)23-5-6-26-11-13-29-14-12-26/h1-4,15H,5-14,16-17H2,(H,23,24,25). The molecule has 3 aliphatic rings. The predicted molar refractivity (Wildman–Crippen MR) is 118 cm³/mol. The fraction of sp³-hybridized carbons (Fsp3) is 0.545. The maximum absolute atomic E-state index is 5.50. The molecule has 9 heteroatoms. The number of nitrogens with zero attached hydrogens (tertiary/aromatic N) is 5. The van der Waals surface area contributed by atoms with Crippen LogP contribution in [-0.2, 0) is 11.3 Å². The van der Waals surface area contributed by atoms with Gasteiger partial charge >= 0.3 is 0 Å². The third-order valence-electron chi connectivity index (χ3n) is 5.98. The topological polar surface area (TPSA) is 75.2 Å². The van der Waals surface area contributed by atoms with Crippen LogP contribution in [0.25, 0.3) is 0 Å². The summed E-state index contributed by atoms with van der Waals surface area (Å²) in [5.41, 5.74) is 1.25. The lowest BCUT2D eigenvalue weighted by molar-refractivity contribution is 0.0398. The first-order valence-electron chi connectivity index (χ1n) is 11.1. The van der Waals surface area contributed by atoms with Gasteiger partial charge in [0.15, 0.2) is 11.5 Å². The Kier molecular flexibility index (Phi) is 6.33. The number of hydrogen-bond acceptors (Lipinski definition) is 9. The minimum Gasteiger partial charge on any atom is -0.454 e. The molecule has 0 radical (unpaired) electrons. The average Bonchev–Trinajstić information content (AvgIpc) is 3.29. The summed E-state index contributed by atoms with van der Waals surface area (Å²) in [6.45, 7) is 10.6. The molecule has 0 saturated carbocycles. The van der Waals surface area contributed by atoms with Crippen LogP contribution in [0.3, 0.4) is 0 Å². The van der Waals surface area contributed by atoms with Crippen molar-refractivity contribution in [3.8, 4) is 11.5 Å². The van der Waals surface area contributed by atoms with Gasteiger partial charge in [-0.3, -0.25) is 9.80 Å². The predicted octanol–water partition coefficient (Wildman–Crippen LogP) is 1.27. The van der Waals surface area contributed by atoms with Crippen LogP contribution < -0.4 is 19.7 Å². The van der Waals surface area contributed by atoms with Crippen molar-refractivity contribution < 1.29 is 14.2 Å². The van der Waals surface area contributed by atoms with Crippen molar-refractivity contribution in [2.45, 2.75) is 6.54 Å². The van der Waals surface area contributed by atoms with Gasteiger partial charge in [-0.2, -0.15) is 4.98 Å². The molecule has 0 bridgehead atoms. The molecule has 5 rings (SSSR count). The van der Waals surface area contributed by atoms with E-state index in [2.05, 4.69) is 37.1 Å². The zero-order chi connectivity index (χ0) is 20.9. The first-order valence-corrected chi connectivity index (χ1v) is 11.1. The van der Waals surface area contributed by atoms with Crippen LogP contribution >= 0.6 is 0 Å². The van der Waals surface area contributed by atoms with Crippen LogP contribution in [0.1, 0.15) is 5.56 Å². The molecule has 166 valence electrons. The zero-order valence-electron chi connectivity index (χ0n) is 17.8. The third-order valence-corrected chi connectivity index (χ3v) is 5.98. The Hall–Kier alpha value is -2.62. The van der Waals surface area contributed by atoms with E-state index in [1.807, 2.05) is 18.3 Å². The Balaban J connectivity index is 1.09. The van der Waals surface area contributed by atoms with E-state index in [4.69, 9.17) is 19.2 Å². The summed E-state index contributed by atoms with van der Waals surface area (Å²) in [6.07, 6.45) is 1.85. The second kappa shape index (κ2) is 9.67. The van der Waals surface area contributed by atoms with Crippen LogP contribution in [0, 0.1) is 0 Å². The van der Waals surface area contributed by atoms with E-state index in [0.29, 0.717) is 6.79 Å². The highest BCUT2D eigenvalue weighted by molar-refractivity contribution is 5.44. The molecular formula is C22H30N6O3. The van der Waals surface area contributed by atoms with Crippen molar-refractivity contribution in [1.29, 1.82) is 0 Å². The van der Waals surface area contributed by atoms with Crippen LogP contribution in [0.4, 0.5) is 11.8 Å². The smallest absolute Gasteiger partial charge is 0.231 e. The SMILES string of the molecule is c1cc(NCCN2CCOCC2)nc(N2CCN(Cc3ccc4c(c3)OCO4)CC2)n1. The Bertz CT molecular complexity index is 868. The quantitative estimate of drug-likeness (QED) is 0.704. The monoisotopic (exact) mass is 426 g/mol. The highest BCUT2D eigenvalue weighted by Gasteiger charge is 2.20. The first kappa shape index (κ1) is 20.3. The van der Waals surface area contributed by atoms with E-state index < -0.39 is 0 Å². The number of morpholine rings is 1. The van der Waals surface area contributed by atoms with Crippen molar-refractivity contribution in [2.24, 2.45) is 0 Å². The molecule has 0 unspecified atom stereocenters. The molecule has 2 aromatic rings. The summed E-state index contributed by atoms with van der Waals surface area (Å²) in [6, 6.07) is 8.15. The minimum absolute atomic E-state index is 0.318. The molecule has 0 atom stereocenters. The van der Waals surface area contributed by atoms with Gasteiger partial charge < -0.3 is 24.4 Å². The Morgan fingerprint density at radius 3 is 2.61 bits per heavy atom. The molecule has 1 N–H and O–H groups in total. The maximum Gasteiger partial charge on any atom is 0.231 e. The fourth-order valence-corrected chi connectivity index (χ4v) is 4.17. The van der Waals surface area contributed by atoms with Crippen LogP contribution in [0.5, 0.6) is 11.5 Å². The van der Waals surface area contributed by atoms with E-state index in [0.717, 1.165) is 95.4 Å². The number of benzene rings is 1. The van der Waals surface area contributed by atoms with Gasteiger partial charge in [0.1, 0.15) is 5.82 Å². The number of hydrogen-bond donors (Lipinski definition) is 1. The molecular weight excluding hydrogens is 396 g/mol. The highest BCUT2D eigenvalue weighted by Crippen LogP contribution is 2.32. The molecule has 9 nitrogen and oxygen atoms in total. The molecule has 0 spiro atoms. The second-order valence-electron chi connectivity index (χ2n) is 8.07. The lowest BCUT2D eigenvalue weighted by atomic mass is 10.1. The number of fused-ring (bicyclic) bond motifs is 1. The second-order valence-corrected chi connectivity index (χ2v) is 8.07. The summed E-state index contributed by atoms with van der Waals surface area (Å²) in [5, 5.41) is 3.44. The van der Waals surface area contributed by atoms with E-state index in [1.54, 1.807) is 0 Å². The highest BCUT2D eigenvalue weighted by atomic mass is 16.7. The number of ether oxygens (including phenoxy) is 3. The van der Waals surface area contributed by atoms with Crippen molar-refractivity contribution in [3.63, 3.8) is 0 Å². The zero-order valence-corrected chi connectivity index (χ0v) is 17.8. The number of anilines is 2. The minimum atomic E-state index is 0.318. The summed E-state index contributed by atoms with van der Waals surface area (Å²) in [4.78, 5) is 16.4. The van der Waals surface area contributed by atoms with Gasteiger partial charge in [0.25, 0.3) is 0 Å². The third kappa shape index (κ3) is 5.17. The molecule has 1 aromatic carbocycles. The van der Waals surface area contributed by atoms with Crippen LogP contribution in [0.15, 0.2) is 30.5 Å². The summed E-state index contributed by atoms with van der Waals surface area (Å²) in [5.74, 6) is 3.38. The van der Waals surface area contributed by atoms with Crippen LogP contribution in [0.2, 0.25) is 0 Å². The Labute approximate surface area is 182 Å². The number of aromatic nitrogens is 2. The van der Waals surface area contributed by atoms with E-state index >= 15 is 0 Å². The molecule has 1 aromatic heterocycles. The van der Waals surface area contributed by atoms with Gasteiger partial charge in [0.2, 0.25) is 12.7 Å². The van der Waals surface area contributed by atoms with Gasteiger partial charge in [-0.1, -0.05) is 6.07 Å². The Morgan fingerprint density at radius 2 is 1.74 bits per heavy atom. The number of nitrogens with one attached hydrogen (secondary N) is 1. The molecule has 0 aliphatic carbocycles. The van der Waals surface area contributed by atoms with Crippen molar-refractivity contribution in [3.05, 3.63) is 36.0 Å². The molecule has 0 amide bonds. The first-order chi connectivity index (χ1) is 15.3. The molecule has 2 fully saturated rings. The number of piperazine rings is 1. The lowest BCUT2D eigenvalue weighted by Crippen LogP contribution is -2.46. The molecule has 3 aliphatic heterocycles. The Morgan fingerprint density at radius 1 is 0.903 bits per heavy atom. The van der Waals surface area contributed by atoms with Crippen molar-refractivity contribution in [1.82, 2.24) is 19.8 Å². The van der Waals surface area contributed by atoms with Crippen molar-refractivity contribution >= 4 is 11.8 Å². The van der Waals surface area contributed by atoms with E-state index in [9.17, 15) is 0 Å². The van der Waals surface area contributed by atoms with E-state index in [1.165, 1.54) is 5.56 Å². The van der Waals surface area contributed by atoms with Crippen molar-refractivity contribution in [2.75, 3.05) is 82.6 Å². The average molecular weight is 427 g/mol. The van der Waals surface area contributed by atoms with Gasteiger partial charge in [0.05, 0.1) is 13.2 Å². The summed E-state index contributed by atoms with van der Waals surface area (Å²) < 4.78 is 16.3. The lowest BCUT2D eigenvalue weighted by Gasteiger charge is -2.34. The van der Waals surface area contributed by atoms with Gasteiger partial charge in [-0.05, 0) is 23.8 Å². The normalized spacial score (nSPS) is 19.5. The van der Waals surface area contributed by atoms with Gasteiger partial charge in [0, 0.05) is 65.1 Å². The fourth-order valence-electron chi connectivity index (χ4n) is 4.17. The molecule has 31 heavy (non-hydrogen) atoms. The summed E-state index contributed by atoms with van der Waals surface area (Å²) in [7, 11) is 0. The van der Waals surface area contributed by atoms with Gasteiger partial charge in [-0.25, -0.2) is 4.98 Å². The molecule has 2 saturated heterocycles. The number of rotatable bonds is 7. The molecule has 4 heterocycles.